The third-order valence-corrected chi connectivity index (χ3v) is 2.03. The number of hydrogen-bond acceptors (Lipinski definition) is 3. The lowest BCUT2D eigenvalue weighted by Gasteiger charge is -2.16. The van der Waals surface area contributed by atoms with E-state index in [2.05, 4.69) is 11.4 Å². The molecule has 3 nitrogen and oxygen atoms in total. The first-order chi connectivity index (χ1) is 6.02. The van der Waals surface area contributed by atoms with Gasteiger partial charge in [-0.05, 0) is 39.3 Å². The maximum absolute atomic E-state index is 8.75. The van der Waals surface area contributed by atoms with Crippen LogP contribution in [0.15, 0.2) is 0 Å². The van der Waals surface area contributed by atoms with Gasteiger partial charge in [-0.15, -0.1) is 0 Å². The predicted molar refractivity (Wildman–Crippen MR) is 53.1 cm³/mol. The van der Waals surface area contributed by atoms with E-state index in [0.717, 1.165) is 19.5 Å². The summed E-state index contributed by atoms with van der Waals surface area (Å²) in [5.41, 5.74) is -0.241. The molecule has 3 heteroatoms. The maximum Gasteiger partial charge on any atom is 0.0684 e. The zero-order valence-corrected chi connectivity index (χ0v) is 8.80. The van der Waals surface area contributed by atoms with Gasteiger partial charge in [-0.3, -0.25) is 0 Å². The molecule has 0 aliphatic heterocycles. The summed E-state index contributed by atoms with van der Waals surface area (Å²) in [6, 6.07) is 2.25. The van der Waals surface area contributed by atoms with Crippen LogP contribution in [0.5, 0.6) is 0 Å². The molecule has 0 aliphatic carbocycles. The molecule has 76 valence electrons. The van der Waals surface area contributed by atoms with E-state index in [9.17, 15) is 0 Å². The van der Waals surface area contributed by atoms with Gasteiger partial charge in [0.25, 0.3) is 0 Å². The number of nitrogens with zero attached hydrogens (tertiary/aromatic N) is 1. The summed E-state index contributed by atoms with van der Waals surface area (Å²) in [5.74, 6) is 0.296. The van der Waals surface area contributed by atoms with Crippen LogP contribution < -0.4 is 5.32 Å². The molecule has 1 atom stereocenters. The molecule has 0 bridgehead atoms. The summed E-state index contributed by atoms with van der Waals surface area (Å²) in [6.07, 6.45) is 0.849. The van der Waals surface area contributed by atoms with Crippen LogP contribution in [0.4, 0.5) is 0 Å². The number of aliphatic hydroxyl groups is 1. The van der Waals surface area contributed by atoms with Crippen molar-refractivity contribution in [2.24, 2.45) is 11.3 Å². The van der Waals surface area contributed by atoms with Gasteiger partial charge in [0.2, 0.25) is 0 Å². The molecule has 1 unspecified atom stereocenters. The Morgan fingerprint density at radius 3 is 2.62 bits per heavy atom. The van der Waals surface area contributed by atoms with Crippen LogP contribution in [0, 0.1) is 22.7 Å². The van der Waals surface area contributed by atoms with Gasteiger partial charge in [0.1, 0.15) is 0 Å². The average molecular weight is 184 g/mol. The lowest BCUT2D eigenvalue weighted by molar-refractivity contribution is 0.232. The molecular weight excluding hydrogens is 164 g/mol. The van der Waals surface area contributed by atoms with E-state index in [1.165, 1.54) is 0 Å². The first-order valence-electron chi connectivity index (χ1n) is 4.74. The topological polar surface area (TPSA) is 56.0 Å². The molecule has 0 rings (SSSR count). The molecule has 0 amide bonds. The van der Waals surface area contributed by atoms with Crippen LogP contribution in [-0.4, -0.2) is 24.8 Å². The molecule has 0 spiro atoms. The lowest BCUT2D eigenvalue weighted by Crippen LogP contribution is -2.27. The van der Waals surface area contributed by atoms with Crippen LogP contribution in [0.3, 0.4) is 0 Å². The van der Waals surface area contributed by atoms with Gasteiger partial charge >= 0.3 is 0 Å². The number of rotatable bonds is 6. The van der Waals surface area contributed by atoms with Crippen molar-refractivity contribution in [3.05, 3.63) is 0 Å². The van der Waals surface area contributed by atoms with E-state index in [1.54, 1.807) is 0 Å². The van der Waals surface area contributed by atoms with Gasteiger partial charge in [-0.2, -0.15) is 5.26 Å². The van der Waals surface area contributed by atoms with Crippen LogP contribution in [-0.2, 0) is 0 Å². The molecule has 0 aromatic rings. The van der Waals surface area contributed by atoms with Gasteiger partial charge in [0.05, 0.1) is 11.5 Å². The second-order valence-corrected chi connectivity index (χ2v) is 4.24. The summed E-state index contributed by atoms with van der Waals surface area (Å²) in [4.78, 5) is 0. The number of aliphatic hydroxyl groups excluding tert-OH is 1. The molecule has 0 fully saturated rings. The molecule has 0 aromatic carbocycles. The average Bonchev–Trinajstić information content (AvgIpc) is 2.12. The minimum absolute atomic E-state index is 0.217. The van der Waals surface area contributed by atoms with Crippen LogP contribution in [0.2, 0.25) is 0 Å². The molecule has 13 heavy (non-hydrogen) atoms. The Balaban J connectivity index is 3.42. The van der Waals surface area contributed by atoms with E-state index in [-0.39, 0.29) is 12.0 Å². The smallest absolute Gasteiger partial charge is 0.0684 e. The van der Waals surface area contributed by atoms with Crippen LogP contribution in [0.25, 0.3) is 0 Å². The van der Waals surface area contributed by atoms with E-state index >= 15 is 0 Å². The van der Waals surface area contributed by atoms with Crippen molar-refractivity contribution in [3.63, 3.8) is 0 Å². The molecule has 0 saturated heterocycles. The van der Waals surface area contributed by atoms with Crippen molar-refractivity contribution >= 4 is 0 Å². The fourth-order valence-electron chi connectivity index (χ4n) is 0.870. The molecule has 0 aliphatic rings. The van der Waals surface area contributed by atoms with Gasteiger partial charge in [0.15, 0.2) is 0 Å². The van der Waals surface area contributed by atoms with Crippen molar-refractivity contribution in [1.82, 2.24) is 5.32 Å². The van der Waals surface area contributed by atoms with E-state index in [1.807, 2.05) is 20.8 Å². The lowest BCUT2D eigenvalue weighted by atomic mass is 9.91. The molecule has 0 heterocycles. The monoisotopic (exact) mass is 184 g/mol. The fraction of sp³-hybridized carbons (Fsp3) is 0.900. The zero-order valence-electron chi connectivity index (χ0n) is 8.80. The summed E-state index contributed by atoms with van der Waals surface area (Å²) in [5, 5.41) is 20.7. The van der Waals surface area contributed by atoms with Gasteiger partial charge in [-0.25, -0.2) is 0 Å². The van der Waals surface area contributed by atoms with Gasteiger partial charge in [-0.1, -0.05) is 6.92 Å². The summed E-state index contributed by atoms with van der Waals surface area (Å²) < 4.78 is 0. The standard InChI is InChI=1S/C10H20N2O/c1-9(7-13)6-12-5-4-10(2,3)8-11/h9,12-13H,4-7H2,1-3H3. The zero-order chi connectivity index (χ0) is 10.3. The second kappa shape index (κ2) is 5.95. The van der Waals surface area contributed by atoms with Crippen molar-refractivity contribution in [3.8, 4) is 6.07 Å². The molecular formula is C10H20N2O. The maximum atomic E-state index is 8.75. The van der Waals surface area contributed by atoms with Gasteiger partial charge < -0.3 is 10.4 Å². The fourth-order valence-corrected chi connectivity index (χ4v) is 0.870. The van der Waals surface area contributed by atoms with E-state index < -0.39 is 0 Å². The Bertz CT molecular complexity index is 172. The Morgan fingerprint density at radius 2 is 2.15 bits per heavy atom. The highest BCUT2D eigenvalue weighted by Gasteiger charge is 2.15. The minimum Gasteiger partial charge on any atom is -0.396 e. The highest BCUT2D eigenvalue weighted by atomic mass is 16.3. The molecule has 2 N–H and O–H groups in total. The normalized spacial score (nSPS) is 13.8. The van der Waals surface area contributed by atoms with Crippen LogP contribution in [0.1, 0.15) is 27.2 Å². The first kappa shape index (κ1) is 12.4. The second-order valence-electron chi connectivity index (χ2n) is 4.24. The predicted octanol–water partition coefficient (Wildman–Crippen LogP) is 1.14. The summed E-state index contributed by atoms with van der Waals surface area (Å²) >= 11 is 0. The SMILES string of the molecule is CC(CO)CNCCC(C)(C)C#N. The Kier molecular flexibility index (Phi) is 5.68. The highest BCUT2D eigenvalue weighted by Crippen LogP contribution is 2.16. The number of nitrogens with one attached hydrogen (secondary N) is 1. The van der Waals surface area contributed by atoms with Crippen molar-refractivity contribution < 1.29 is 5.11 Å². The highest BCUT2D eigenvalue weighted by molar-refractivity contribution is 4.91. The van der Waals surface area contributed by atoms with Crippen LogP contribution >= 0.6 is 0 Å². The molecule has 0 radical (unpaired) electrons. The first-order valence-corrected chi connectivity index (χ1v) is 4.74. The van der Waals surface area contributed by atoms with E-state index in [4.69, 9.17) is 10.4 Å². The quantitative estimate of drug-likeness (QED) is 0.609. The molecule has 0 aromatic heterocycles. The largest absolute Gasteiger partial charge is 0.396 e. The third-order valence-electron chi connectivity index (χ3n) is 2.03. The Labute approximate surface area is 80.8 Å². The van der Waals surface area contributed by atoms with Crippen molar-refractivity contribution in [2.75, 3.05) is 19.7 Å². The number of nitriles is 1. The van der Waals surface area contributed by atoms with E-state index in [0.29, 0.717) is 5.92 Å². The molecule has 0 saturated carbocycles. The minimum atomic E-state index is -0.241. The summed E-state index contributed by atoms with van der Waals surface area (Å²) in [6.45, 7) is 7.73. The summed E-state index contributed by atoms with van der Waals surface area (Å²) in [7, 11) is 0. The number of hydrogen-bond donors (Lipinski definition) is 2. The van der Waals surface area contributed by atoms with Crippen molar-refractivity contribution in [1.29, 1.82) is 5.26 Å². The van der Waals surface area contributed by atoms with Gasteiger partial charge in [0, 0.05) is 6.61 Å². The van der Waals surface area contributed by atoms with Crippen molar-refractivity contribution in [2.45, 2.75) is 27.2 Å². The third kappa shape index (κ3) is 6.56. The Hall–Kier alpha value is -0.590. The Morgan fingerprint density at radius 1 is 1.54 bits per heavy atom.